The van der Waals surface area contributed by atoms with E-state index >= 15 is 0 Å². The summed E-state index contributed by atoms with van der Waals surface area (Å²) in [5.41, 5.74) is 0.745. The third-order valence-electron chi connectivity index (χ3n) is 2.62. The molecule has 0 fully saturated rings. The molecule has 0 aliphatic carbocycles. The highest BCUT2D eigenvalue weighted by atomic mass is 32.2. The minimum absolute atomic E-state index is 0.102. The number of hydrogen-bond acceptors (Lipinski definition) is 3. The van der Waals surface area contributed by atoms with Crippen LogP contribution >= 0.6 is 0 Å². The van der Waals surface area contributed by atoms with Crippen LogP contribution in [0.15, 0.2) is 30.3 Å². The molecule has 0 radical (unpaired) electrons. The fourth-order valence-electron chi connectivity index (χ4n) is 1.53. The summed E-state index contributed by atoms with van der Waals surface area (Å²) in [5.74, 6) is -0.954. The number of nitrogens with one attached hydrogen (secondary N) is 1. The first-order chi connectivity index (χ1) is 8.83. The lowest BCUT2D eigenvalue weighted by molar-refractivity contribution is -0.137. The van der Waals surface area contributed by atoms with Crippen LogP contribution in [0.4, 0.5) is 0 Å². The molecule has 0 bridgehead atoms. The van der Waals surface area contributed by atoms with E-state index in [0.29, 0.717) is 0 Å². The molecule has 0 aliphatic heterocycles. The second-order valence-electron chi connectivity index (χ2n) is 4.30. The molecule has 1 aromatic carbocycles. The predicted octanol–water partition coefficient (Wildman–Crippen LogP) is 0.989. The van der Waals surface area contributed by atoms with Gasteiger partial charge in [0.15, 0.2) is 0 Å². The Morgan fingerprint density at radius 1 is 1.32 bits per heavy atom. The third-order valence-corrected chi connectivity index (χ3v) is 4.16. The lowest BCUT2D eigenvalue weighted by atomic mass is 10.0. The molecule has 0 amide bonds. The molecule has 19 heavy (non-hydrogen) atoms. The zero-order chi connectivity index (χ0) is 14.5. The summed E-state index contributed by atoms with van der Waals surface area (Å²) in [7, 11) is -0.767. The van der Waals surface area contributed by atoms with Crippen LogP contribution in [0.3, 0.4) is 0 Å². The average Bonchev–Trinajstić information content (AvgIpc) is 2.35. The molecule has 1 atom stereocenters. The fourth-order valence-corrected chi connectivity index (χ4v) is 2.36. The summed E-state index contributed by atoms with van der Waals surface area (Å²) in [5, 5.41) is 8.73. The van der Waals surface area contributed by atoms with E-state index in [2.05, 4.69) is 4.72 Å². The van der Waals surface area contributed by atoms with E-state index in [0.717, 1.165) is 9.87 Å². The Balaban J connectivity index is 2.91. The standard InChI is InChI=1S/C12H18N2O4S/c1-14(2)19(17,18)13-11(8-9-12(15)16)10-6-4-3-5-7-10/h3-7,11,13H,8-9H2,1-2H3,(H,15,16). The van der Waals surface area contributed by atoms with Gasteiger partial charge in [0, 0.05) is 26.6 Å². The molecule has 6 nitrogen and oxygen atoms in total. The van der Waals surface area contributed by atoms with Crippen molar-refractivity contribution in [1.82, 2.24) is 9.03 Å². The molecule has 0 spiro atoms. The zero-order valence-electron chi connectivity index (χ0n) is 10.9. The van der Waals surface area contributed by atoms with E-state index in [4.69, 9.17) is 5.11 Å². The number of carboxylic acids is 1. The number of carboxylic acid groups (broad SMARTS) is 1. The topological polar surface area (TPSA) is 86.7 Å². The molecule has 1 aromatic rings. The van der Waals surface area contributed by atoms with Gasteiger partial charge in [-0.15, -0.1) is 0 Å². The summed E-state index contributed by atoms with van der Waals surface area (Å²) >= 11 is 0. The maximum atomic E-state index is 11.8. The quantitative estimate of drug-likeness (QED) is 0.782. The van der Waals surface area contributed by atoms with Crippen LogP contribution in [0.1, 0.15) is 24.4 Å². The van der Waals surface area contributed by atoms with Crippen molar-refractivity contribution in [3.63, 3.8) is 0 Å². The fraction of sp³-hybridized carbons (Fsp3) is 0.417. The van der Waals surface area contributed by atoms with Crippen molar-refractivity contribution in [2.45, 2.75) is 18.9 Å². The third kappa shape index (κ3) is 4.98. The first kappa shape index (κ1) is 15.6. The smallest absolute Gasteiger partial charge is 0.303 e. The Labute approximate surface area is 113 Å². The van der Waals surface area contributed by atoms with Crippen molar-refractivity contribution in [3.05, 3.63) is 35.9 Å². The van der Waals surface area contributed by atoms with Crippen molar-refractivity contribution >= 4 is 16.2 Å². The molecule has 0 saturated carbocycles. The van der Waals surface area contributed by atoms with Crippen molar-refractivity contribution in [1.29, 1.82) is 0 Å². The monoisotopic (exact) mass is 286 g/mol. The van der Waals surface area contributed by atoms with E-state index in [1.807, 2.05) is 6.07 Å². The zero-order valence-corrected chi connectivity index (χ0v) is 11.7. The van der Waals surface area contributed by atoms with Crippen molar-refractivity contribution in [2.24, 2.45) is 0 Å². The summed E-state index contributed by atoms with van der Waals surface area (Å²) < 4.78 is 27.2. The van der Waals surface area contributed by atoms with Crippen LogP contribution in [0.5, 0.6) is 0 Å². The van der Waals surface area contributed by atoms with Gasteiger partial charge >= 0.3 is 5.97 Å². The second-order valence-corrected chi connectivity index (χ2v) is 6.22. The van der Waals surface area contributed by atoms with E-state index in [9.17, 15) is 13.2 Å². The van der Waals surface area contributed by atoms with Crippen LogP contribution in [-0.4, -0.2) is 37.9 Å². The molecule has 0 saturated heterocycles. The van der Waals surface area contributed by atoms with Gasteiger partial charge in [0.2, 0.25) is 0 Å². The minimum atomic E-state index is -3.60. The van der Waals surface area contributed by atoms with Crippen LogP contribution in [0.25, 0.3) is 0 Å². The van der Waals surface area contributed by atoms with Crippen molar-refractivity contribution < 1.29 is 18.3 Å². The highest BCUT2D eigenvalue weighted by molar-refractivity contribution is 7.87. The molecular formula is C12H18N2O4S. The number of aliphatic carboxylic acids is 1. The van der Waals surface area contributed by atoms with E-state index in [-0.39, 0.29) is 12.8 Å². The Hall–Kier alpha value is -1.44. The highest BCUT2D eigenvalue weighted by Crippen LogP contribution is 2.19. The number of benzene rings is 1. The second kappa shape index (κ2) is 6.65. The van der Waals surface area contributed by atoms with Gasteiger partial charge in [-0.25, -0.2) is 0 Å². The Morgan fingerprint density at radius 2 is 1.89 bits per heavy atom. The number of nitrogens with zero attached hydrogens (tertiary/aromatic N) is 1. The number of carbonyl (C=O) groups is 1. The lowest BCUT2D eigenvalue weighted by Gasteiger charge is -2.21. The molecule has 1 unspecified atom stereocenters. The molecule has 0 heterocycles. The molecule has 106 valence electrons. The van der Waals surface area contributed by atoms with Gasteiger partial charge < -0.3 is 5.11 Å². The summed E-state index contributed by atoms with van der Waals surface area (Å²) in [6.45, 7) is 0. The largest absolute Gasteiger partial charge is 0.481 e. The first-order valence-electron chi connectivity index (χ1n) is 5.79. The predicted molar refractivity (Wildman–Crippen MR) is 71.8 cm³/mol. The molecule has 0 aromatic heterocycles. The van der Waals surface area contributed by atoms with Crippen LogP contribution in [-0.2, 0) is 15.0 Å². The number of rotatable bonds is 7. The van der Waals surface area contributed by atoms with Gasteiger partial charge in [-0.05, 0) is 12.0 Å². The van der Waals surface area contributed by atoms with E-state index < -0.39 is 22.2 Å². The highest BCUT2D eigenvalue weighted by Gasteiger charge is 2.21. The summed E-state index contributed by atoms with van der Waals surface area (Å²) in [4.78, 5) is 10.6. The van der Waals surface area contributed by atoms with Gasteiger partial charge in [-0.3, -0.25) is 4.79 Å². The maximum Gasteiger partial charge on any atom is 0.303 e. The van der Waals surface area contributed by atoms with Crippen LogP contribution in [0, 0.1) is 0 Å². The van der Waals surface area contributed by atoms with Crippen molar-refractivity contribution in [3.8, 4) is 0 Å². The van der Waals surface area contributed by atoms with E-state index in [1.54, 1.807) is 24.3 Å². The van der Waals surface area contributed by atoms with E-state index in [1.165, 1.54) is 14.1 Å². The summed E-state index contributed by atoms with van der Waals surface area (Å²) in [6.07, 6.45) is 0.0991. The Bertz CT molecular complexity index is 514. The molecule has 2 N–H and O–H groups in total. The van der Waals surface area contributed by atoms with Gasteiger partial charge in [-0.2, -0.15) is 17.4 Å². The van der Waals surface area contributed by atoms with Crippen molar-refractivity contribution in [2.75, 3.05) is 14.1 Å². The minimum Gasteiger partial charge on any atom is -0.481 e. The summed E-state index contributed by atoms with van der Waals surface area (Å²) in [6, 6.07) is 8.37. The lowest BCUT2D eigenvalue weighted by Crippen LogP contribution is -2.38. The van der Waals surface area contributed by atoms with Gasteiger partial charge in [-0.1, -0.05) is 30.3 Å². The molecule has 1 rings (SSSR count). The van der Waals surface area contributed by atoms with Gasteiger partial charge in [0.05, 0.1) is 0 Å². The molecular weight excluding hydrogens is 268 g/mol. The first-order valence-corrected chi connectivity index (χ1v) is 7.23. The molecule has 0 aliphatic rings. The van der Waals surface area contributed by atoms with Gasteiger partial charge in [0.1, 0.15) is 0 Å². The van der Waals surface area contributed by atoms with Crippen LogP contribution < -0.4 is 4.72 Å². The van der Waals surface area contributed by atoms with Crippen LogP contribution in [0.2, 0.25) is 0 Å². The Morgan fingerprint density at radius 3 is 2.37 bits per heavy atom. The number of hydrogen-bond donors (Lipinski definition) is 2. The SMILES string of the molecule is CN(C)S(=O)(=O)NC(CCC(=O)O)c1ccccc1. The average molecular weight is 286 g/mol. The van der Waals surface area contributed by atoms with Gasteiger partial charge in [0.25, 0.3) is 10.2 Å². The maximum absolute atomic E-state index is 11.8. The Kier molecular flexibility index (Phi) is 5.46. The molecule has 7 heteroatoms. The normalized spacial score (nSPS) is 13.4.